The van der Waals surface area contributed by atoms with Gasteiger partial charge in [0.25, 0.3) is 0 Å². The van der Waals surface area contributed by atoms with E-state index < -0.39 is 11.0 Å². The molecule has 0 bridgehead atoms. The van der Waals surface area contributed by atoms with E-state index in [1.54, 1.807) is 11.8 Å². The minimum absolute atomic E-state index is 0.0624. The standard InChI is InChI=1S/C15H23NO3/c1-6-19-13(18)15-7-10(2)11(3)8-16(15)12(17)14(4,5)9-15/h6-9H2,1-5H3/t15-/m0/s1. The number of esters is 1. The summed E-state index contributed by atoms with van der Waals surface area (Å²) in [6.45, 7) is 10.6. The number of carbonyl (C=O) groups is 2. The van der Waals surface area contributed by atoms with Gasteiger partial charge in [-0.15, -0.1) is 0 Å². The molecule has 106 valence electrons. The van der Waals surface area contributed by atoms with Gasteiger partial charge in [-0.05, 0) is 27.2 Å². The molecule has 2 aliphatic heterocycles. The van der Waals surface area contributed by atoms with Crippen LogP contribution in [0.5, 0.6) is 0 Å². The van der Waals surface area contributed by atoms with Crippen molar-refractivity contribution in [1.82, 2.24) is 4.90 Å². The molecule has 1 atom stereocenters. The number of rotatable bonds is 2. The lowest BCUT2D eigenvalue weighted by molar-refractivity contribution is -0.160. The van der Waals surface area contributed by atoms with E-state index in [4.69, 9.17) is 4.74 Å². The van der Waals surface area contributed by atoms with E-state index in [0.29, 0.717) is 26.0 Å². The van der Waals surface area contributed by atoms with Crippen molar-refractivity contribution in [2.24, 2.45) is 5.41 Å². The SMILES string of the molecule is CCOC(=O)[C@@]12CC(C)=C(C)CN1C(=O)C(C)(C)C2. The van der Waals surface area contributed by atoms with Gasteiger partial charge in [0.15, 0.2) is 0 Å². The van der Waals surface area contributed by atoms with Crippen LogP contribution >= 0.6 is 0 Å². The lowest BCUT2D eigenvalue weighted by Crippen LogP contribution is -2.55. The fourth-order valence-corrected chi connectivity index (χ4v) is 3.32. The Balaban J connectivity index is 2.47. The lowest BCUT2D eigenvalue weighted by Gasteiger charge is -2.40. The van der Waals surface area contributed by atoms with E-state index in [-0.39, 0.29) is 11.9 Å². The third kappa shape index (κ3) is 1.97. The summed E-state index contributed by atoms with van der Waals surface area (Å²) >= 11 is 0. The molecule has 0 unspecified atom stereocenters. The Kier molecular flexibility index (Phi) is 3.23. The maximum atomic E-state index is 12.5. The number of hydrogen-bond donors (Lipinski definition) is 0. The molecule has 2 aliphatic rings. The number of amides is 1. The van der Waals surface area contributed by atoms with Gasteiger partial charge >= 0.3 is 5.97 Å². The summed E-state index contributed by atoms with van der Waals surface area (Å²) in [5, 5.41) is 0. The molecule has 0 aromatic heterocycles. The van der Waals surface area contributed by atoms with Gasteiger partial charge in [0.2, 0.25) is 5.91 Å². The molecule has 4 nitrogen and oxygen atoms in total. The first-order valence-electron chi connectivity index (χ1n) is 6.89. The highest BCUT2D eigenvalue weighted by Gasteiger charge is 2.60. The van der Waals surface area contributed by atoms with E-state index in [9.17, 15) is 9.59 Å². The Morgan fingerprint density at radius 3 is 2.53 bits per heavy atom. The molecule has 19 heavy (non-hydrogen) atoms. The molecular weight excluding hydrogens is 242 g/mol. The van der Waals surface area contributed by atoms with Gasteiger partial charge in [-0.1, -0.05) is 25.0 Å². The van der Waals surface area contributed by atoms with Crippen LogP contribution in [0.2, 0.25) is 0 Å². The summed E-state index contributed by atoms with van der Waals surface area (Å²) < 4.78 is 5.26. The van der Waals surface area contributed by atoms with Crippen LogP contribution in [-0.2, 0) is 14.3 Å². The molecule has 4 heteroatoms. The Morgan fingerprint density at radius 2 is 1.95 bits per heavy atom. The third-order valence-electron chi connectivity index (χ3n) is 4.41. The second-order valence-corrected chi connectivity index (χ2v) is 6.44. The molecule has 0 saturated carbocycles. The van der Waals surface area contributed by atoms with E-state index in [1.165, 1.54) is 11.1 Å². The molecule has 1 amide bonds. The molecule has 0 radical (unpaired) electrons. The lowest BCUT2D eigenvalue weighted by atomic mass is 9.78. The van der Waals surface area contributed by atoms with E-state index in [2.05, 4.69) is 0 Å². The largest absolute Gasteiger partial charge is 0.464 e. The molecule has 1 fully saturated rings. The highest BCUT2D eigenvalue weighted by atomic mass is 16.5. The molecule has 0 aromatic carbocycles. The monoisotopic (exact) mass is 265 g/mol. The van der Waals surface area contributed by atoms with Crippen molar-refractivity contribution in [2.45, 2.75) is 53.0 Å². The van der Waals surface area contributed by atoms with Gasteiger partial charge in [0.1, 0.15) is 5.54 Å². The first-order valence-corrected chi connectivity index (χ1v) is 6.89. The maximum absolute atomic E-state index is 12.5. The maximum Gasteiger partial charge on any atom is 0.332 e. The predicted molar refractivity (Wildman–Crippen MR) is 72.5 cm³/mol. The fourth-order valence-electron chi connectivity index (χ4n) is 3.32. The summed E-state index contributed by atoms with van der Waals surface area (Å²) in [4.78, 5) is 26.7. The molecule has 0 spiro atoms. The predicted octanol–water partition coefficient (Wildman–Crippen LogP) is 2.29. The molecule has 2 heterocycles. The van der Waals surface area contributed by atoms with Crippen LogP contribution in [0.25, 0.3) is 0 Å². The van der Waals surface area contributed by atoms with Gasteiger partial charge in [-0.3, -0.25) is 4.79 Å². The summed E-state index contributed by atoms with van der Waals surface area (Å²) in [6.07, 6.45) is 1.15. The summed E-state index contributed by atoms with van der Waals surface area (Å²) in [5.74, 6) is -0.187. The minimum atomic E-state index is -0.778. The summed E-state index contributed by atoms with van der Waals surface area (Å²) in [5.41, 5.74) is 1.12. The Hall–Kier alpha value is -1.32. The zero-order chi connectivity index (χ0) is 14.4. The van der Waals surface area contributed by atoms with Gasteiger partial charge in [-0.2, -0.15) is 0 Å². The zero-order valence-electron chi connectivity index (χ0n) is 12.5. The third-order valence-corrected chi connectivity index (χ3v) is 4.41. The number of carbonyl (C=O) groups excluding carboxylic acids is 2. The molecule has 0 aliphatic carbocycles. The minimum Gasteiger partial charge on any atom is -0.464 e. The van der Waals surface area contributed by atoms with Gasteiger partial charge in [0.05, 0.1) is 6.61 Å². The number of ether oxygens (including phenoxy) is 1. The van der Waals surface area contributed by atoms with Crippen LogP contribution in [0, 0.1) is 5.41 Å². The van der Waals surface area contributed by atoms with Crippen molar-refractivity contribution in [2.75, 3.05) is 13.2 Å². The molecule has 0 aromatic rings. The van der Waals surface area contributed by atoms with Crippen molar-refractivity contribution in [1.29, 1.82) is 0 Å². The van der Waals surface area contributed by atoms with Crippen molar-refractivity contribution in [3.8, 4) is 0 Å². The van der Waals surface area contributed by atoms with Crippen LogP contribution in [0.3, 0.4) is 0 Å². The van der Waals surface area contributed by atoms with Crippen molar-refractivity contribution in [3.63, 3.8) is 0 Å². The topological polar surface area (TPSA) is 46.6 Å². The fraction of sp³-hybridized carbons (Fsp3) is 0.733. The number of hydrogen-bond acceptors (Lipinski definition) is 3. The van der Waals surface area contributed by atoms with Crippen molar-refractivity contribution < 1.29 is 14.3 Å². The van der Waals surface area contributed by atoms with Crippen LogP contribution in [0.1, 0.15) is 47.5 Å². The van der Waals surface area contributed by atoms with Crippen LogP contribution in [-0.4, -0.2) is 35.5 Å². The van der Waals surface area contributed by atoms with Crippen LogP contribution < -0.4 is 0 Å². The summed E-state index contributed by atoms with van der Waals surface area (Å²) in [7, 11) is 0. The van der Waals surface area contributed by atoms with Crippen molar-refractivity contribution in [3.05, 3.63) is 11.1 Å². The van der Waals surface area contributed by atoms with Gasteiger partial charge in [0, 0.05) is 18.4 Å². The smallest absolute Gasteiger partial charge is 0.332 e. The zero-order valence-corrected chi connectivity index (χ0v) is 12.5. The van der Waals surface area contributed by atoms with Crippen molar-refractivity contribution >= 4 is 11.9 Å². The molecular formula is C15H23NO3. The van der Waals surface area contributed by atoms with Crippen LogP contribution in [0.4, 0.5) is 0 Å². The first kappa shape index (κ1) is 14.1. The first-order chi connectivity index (χ1) is 8.74. The van der Waals surface area contributed by atoms with Crippen LogP contribution in [0.15, 0.2) is 11.1 Å². The Bertz CT molecular complexity index is 464. The average Bonchev–Trinajstić information content (AvgIpc) is 2.50. The van der Waals surface area contributed by atoms with E-state index >= 15 is 0 Å². The van der Waals surface area contributed by atoms with Gasteiger partial charge < -0.3 is 9.64 Å². The highest BCUT2D eigenvalue weighted by molar-refractivity contribution is 5.95. The second kappa shape index (κ2) is 4.36. The highest BCUT2D eigenvalue weighted by Crippen LogP contribution is 2.48. The molecule has 1 saturated heterocycles. The number of nitrogens with zero attached hydrogens (tertiary/aromatic N) is 1. The Morgan fingerprint density at radius 1 is 1.32 bits per heavy atom. The second-order valence-electron chi connectivity index (χ2n) is 6.44. The molecule has 2 rings (SSSR count). The van der Waals surface area contributed by atoms with E-state index in [0.717, 1.165) is 0 Å². The van der Waals surface area contributed by atoms with E-state index in [1.807, 2.05) is 27.7 Å². The quantitative estimate of drug-likeness (QED) is 0.568. The summed E-state index contributed by atoms with van der Waals surface area (Å²) in [6, 6.07) is 0. The van der Waals surface area contributed by atoms with Gasteiger partial charge in [-0.25, -0.2) is 4.79 Å². The Labute approximate surface area is 114 Å². The average molecular weight is 265 g/mol. The molecule has 0 N–H and O–H groups in total. The number of fused-ring (bicyclic) bond motifs is 1. The normalized spacial score (nSPS) is 29.5.